The average Bonchev–Trinajstić information content (AvgIpc) is 2.57. The number of benzene rings is 1. The molecule has 0 atom stereocenters. The van der Waals surface area contributed by atoms with Crippen LogP contribution >= 0.6 is 0 Å². The molecule has 0 aliphatic heterocycles. The zero-order valence-corrected chi connectivity index (χ0v) is 15.6. The van der Waals surface area contributed by atoms with Crippen molar-refractivity contribution in [2.45, 2.75) is 59.3 Å². The Morgan fingerprint density at radius 3 is 2.46 bits per heavy atom. The Bertz CT molecular complexity index is 443. The van der Waals surface area contributed by atoms with Crippen LogP contribution in [0.25, 0.3) is 0 Å². The molecule has 0 radical (unpaired) electrons. The van der Waals surface area contributed by atoms with E-state index >= 15 is 0 Å². The van der Waals surface area contributed by atoms with E-state index in [9.17, 15) is 4.79 Å². The summed E-state index contributed by atoms with van der Waals surface area (Å²) in [6, 6.07) is 7.77. The minimum Gasteiger partial charge on any atom is -0.494 e. The van der Waals surface area contributed by atoms with Gasteiger partial charge in [0.2, 0.25) is 5.91 Å². The van der Waals surface area contributed by atoms with Crippen LogP contribution < -0.4 is 15.4 Å². The number of unbranched alkanes of at least 4 members (excludes halogenated alkanes) is 4. The Labute approximate surface area is 147 Å². The summed E-state index contributed by atoms with van der Waals surface area (Å²) in [5.74, 6) is 1.57. The predicted molar refractivity (Wildman–Crippen MR) is 102 cm³/mol. The molecular formula is C20H34N2O2. The van der Waals surface area contributed by atoms with E-state index in [2.05, 4.69) is 31.4 Å². The summed E-state index contributed by atoms with van der Waals surface area (Å²) in [7, 11) is 0. The van der Waals surface area contributed by atoms with Gasteiger partial charge in [-0.25, -0.2) is 0 Å². The summed E-state index contributed by atoms with van der Waals surface area (Å²) in [5, 5.41) is 6.09. The molecule has 0 bridgehead atoms. The first-order valence-corrected chi connectivity index (χ1v) is 9.35. The van der Waals surface area contributed by atoms with Crippen LogP contribution in [-0.2, 0) is 4.79 Å². The molecule has 0 aliphatic carbocycles. The van der Waals surface area contributed by atoms with Crippen LogP contribution in [0.2, 0.25) is 0 Å². The molecule has 0 aromatic heterocycles. The molecule has 0 spiro atoms. The van der Waals surface area contributed by atoms with Gasteiger partial charge in [-0.05, 0) is 43.0 Å². The van der Waals surface area contributed by atoms with E-state index in [-0.39, 0.29) is 5.91 Å². The van der Waals surface area contributed by atoms with Gasteiger partial charge in [0.05, 0.1) is 13.2 Å². The molecule has 0 heterocycles. The molecule has 0 aliphatic rings. The SMILES string of the molecule is CCCCCCCNC(=O)CNc1ccc(OCCC(C)C)cc1. The van der Waals surface area contributed by atoms with Gasteiger partial charge in [-0.2, -0.15) is 0 Å². The lowest BCUT2D eigenvalue weighted by Gasteiger charge is -2.10. The number of nitrogens with one attached hydrogen (secondary N) is 2. The first-order valence-electron chi connectivity index (χ1n) is 9.35. The Morgan fingerprint density at radius 1 is 1.08 bits per heavy atom. The van der Waals surface area contributed by atoms with Crippen molar-refractivity contribution in [2.75, 3.05) is 25.0 Å². The second-order valence-corrected chi connectivity index (χ2v) is 6.67. The maximum Gasteiger partial charge on any atom is 0.239 e. The van der Waals surface area contributed by atoms with E-state index in [4.69, 9.17) is 4.74 Å². The van der Waals surface area contributed by atoms with Crippen LogP contribution in [0.15, 0.2) is 24.3 Å². The van der Waals surface area contributed by atoms with E-state index in [0.29, 0.717) is 12.5 Å². The molecule has 4 heteroatoms. The van der Waals surface area contributed by atoms with Gasteiger partial charge < -0.3 is 15.4 Å². The van der Waals surface area contributed by atoms with Gasteiger partial charge in [0.25, 0.3) is 0 Å². The minimum absolute atomic E-state index is 0.0442. The molecule has 0 fully saturated rings. The molecular weight excluding hydrogens is 300 g/mol. The van der Waals surface area contributed by atoms with Crippen LogP contribution in [0, 0.1) is 5.92 Å². The second-order valence-electron chi connectivity index (χ2n) is 6.67. The monoisotopic (exact) mass is 334 g/mol. The lowest BCUT2D eigenvalue weighted by molar-refractivity contribution is -0.119. The van der Waals surface area contributed by atoms with Gasteiger partial charge in [-0.15, -0.1) is 0 Å². The summed E-state index contributed by atoms with van der Waals surface area (Å²) in [6.07, 6.45) is 7.10. The van der Waals surface area contributed by atoms with Gasteiger partial charge in [0.1, 0.15) is 5.75 Å². The maximum atomic E-state index is 11.8. The molecule has 0 saturated carbocycles. The van der Waals surface area contributed by atoms with Gasteiger partial charge >= 0.3 is 0 Å². The van der Waals surface area contributed by atoms with Crippen LogP contribution in [0.1, 0.15) is 59.3 Å². The number of carbonyl (C=O) groups is 1. The number of anilines is 1. The van der Waals surface area contributed by atoms with Crippen LogP contribution in [0.4, 0.5) is 5.69 Å². The lowest BCUT2D eigenvalue weighted by atomic mass is 10.1. The Hall–Kier alpha value is -1.71. The molecule has 1 amide bonds. The van der Waals surface area contributed by atoms with Crippen molar-refractivity contribution < 1.29 is 9.53 Å². The third-order valence-electron chi connectivity index (χ3n) is 3.87. The summed E-state index contributed by atoms with van der Waals surface area (Å²) in [6.45, 7) is 8.40. The Kier molecular flexibility index (Phi) is 10.7. The average molecular weight is 335 g/mol. The van der Waals surface area contributed by atoms with Crippen molar-refractivity contribution in [1.82, 2.24) is 5.32 Å². The molecule has 1 rings (SSSR count). The molecule has 24 heavy (non-hydrogen) atoms. The summed E-state index contributed by atoms with van der Waals surface area (Å²) < 4.78 is 5.68. The predicted octanol–water partition coefficient (Wildman–Crippen LogP) is 4.61. The molecule has 0 unspecified atom stereocenters. The van der Waals surface area contributed by atoms with Crippen molar-refractivity contribution in [1.29, 1.82) is 0 Å². The zero-order valence-electron chi connectivity index (χ0n) is 15.6. The van der Waals surface area contributed by atoms with Gasteiger partial charge in [-0.1, -0.05) is 46.5 Å². The highest BCUT2D eigenvalue weighted by Crippen LogP contribution is 2.16. The fraction of sp³-hybridized carbons (Fsp3) is 0.650. The van der Waals surface area contributed by atoms with E-state index in [1.54, 1.807) is 0 Å². The standard InChI is InChI=1S/C20H34N2O2/c1-4-5-6-7-8-14-21-20(23)16-22-18-9-11-19(12-10-18)24-15-13-17(2)3/h9-12,17,22H,4-8,13-16H2,1-3H3,(H,21,23). The molecule has 1 aromatic carbocycles. The molecule has 4 nitrogen and oxygen atoms in total. The molecule has 0 saturated heterocycles. The van der Waals surface area contributed by atoms with Crippen molar-refractivity contribution in [2.24, 2.45) is 5.92 Å². The van der Waals surface area contributed by atoms with E-state index in [1.807, 2.05) is 24.3 Å². The highest BCUT2D eigenvalue weighted by Gasteiger charge is 2.01. The Balaban J connectivity index is 2.14. The Morgan fingerprint density at radius 2 is 1.79 bits per heavy atom. The number of hydrogen-bond acceptors (Lipinski definition) is 3. The van der Waals surface area contributed by atoms with Crippen molar-refractivity contribution in [3.8, 4) is 5.75 Å². The number of hydrogen-bond donors (Lipinski definition) is 2. The highest BCUT2D eigenvalue weighted by molar-refractivity contribution is 5.80. The lowest BCUT2D eigenvalue weighted by Crippen LogP contribution is -2.30. The second kappa shape index (κ2) is 12.7. The van der Waals surface area contributed by atoms with Crippen LogP contribution in [0.3, 0.4) is 0 Å². The fourth-order valence-electron chi connectivity index (χ4n) is 2.28. The fourth-order valence-corrected chi connectivity index (χ4v) is 2.28. The van der Waals surface area contributed by atoms with Crippen LogP contribution in [0.5, 0.6) is 5.75 Å². The van der Waals surface area contributed by atoms with E-state index < -0.39 is 0 Å². The van der Waals surface area contributed by atoms with Crippen molar-refractivity contribution in [3.63, 3.8) is 0 Å². The van der Waals surface area contributed by atoms with Gasteiger partial charge in [0, 0.05) is 12.2 Å². The molecule has 1 aromatic rings. The topological polar surface area (TPSA) is 50.4 Å². The third kappa shape index (κ3) is 10.1. The maximum absolute atomic E-state index is 11.8. The summed E-state index contributed by atoms with van der Waals surface area (Å²) in [5.41, 5.74) is 0.935. The van der Waals surface area contributed by atoms with E-state index in [0.717, 1.165) is 37.4 Å². The zero-order chi connectivity index (χ0) is 17.6. The normalized spacial score (nSPS) is 10.7. The number of carbonyl (C=O) groups excluding carboxylic acids is 1. The first kappa shape index (κ1) is 20.3. The number of ether oxygens (including phenoxy) is 1. The number of rotatable bonds is 13. The summed E-state index contributed by atoms with van der Waals surface area (Å²) in [4.78, 5) is 11.8. The molecule has 2 N–H and O–H groups in total. The van der Waals surface area contributed by atoms with Crippen molar-refractivity contribution >= 4 is 11.6 Å². The van der Waals surface area contributed by atoms with Crippen molar-refractivity contribution in [3.05, 3.63) is 24.3 Å². The van der Waals surface area contributed by atoms with E-state index in [1.165, 1.54) is 25.7 Å². The summed E-state index contributed by atoms with van der Waals surface area (Å²) >= 11 is 0. The van der Waals surface area contributed by atoms with Gasteiger partial charge in [-0.3, -0.25) is 4.79 Å². The number of amides is 1. The highest BCUT2D eigenvalue weighted by atomic mass is 16.5. The smallest absolute Gasteiger partial charge is 0.239 e. The third-order valence-corrected chi connectivity index (χ3v) is 3.87. The minimum atomic E-state index is 0.0442. The van der Waals surface area contributed by atoms with Crippen LogP contribution in [-0.4, -0.2) is 25.6 Å². The van der Waals surface area contributed by atoms with Gasteiger partial charge in [0.15, 0.2) is 0 Å². The first-order chi connectivity index (χ1) is 11.6. The quantitative estimate of drug-likeness (QED) is 0.518. The molecule has 136 valence electrons. The largest absolute Gasteiger partial charge is 0.494 e.